The van der Waals surface area contributed by atoms with Gasteiger partial charge in [0.2, 0.25) is 5.91 Å². The predicted molar refractivity (Wildman–Crippen MR) is 124 cm³/mol. The van der Waals surface area contributed by atoms with Crippen LogP contribution >= 0.6 is 0 Å². The minimum atomic E-state index is 0.0279. The van der Waals surface area contributed by atoms with Crippen LogP contribution in [0.5, 0.6) is 0 Å². The average Bonchev–Trinajstić information content (AvgIpc) is 3.04. The molecule has 0 aliphatic heterocycles. The number of nitrogens with one attached hydrogen (secondary N) is 1. The molecular weight excluding hydrogens is 390 g/mol. The van der Waals surface area contributed by atoms with Gasteiger partial charge >= 0.3 is 0 Å². The standard InChI is InChI=1S/C23H31N7O/c1-16-20(17(2)30(27-16)22-13-21(29(5)6)25-15-26-22)11-12-23(31)24-14-18-7-9-19(10-8-18)28(3)4/h7-10,13,15H,11-12,14H2,1-6H3,(H,24,31). The molecule has 0 spiro atoms. The summed E-state index contributed by atoms with van der Waals surface area (Å²) < 4.78 is 1.82. The van der Waals surface area contributed by atoms with Crippen molar-refractivity contribution in [2.24, 2.45) is 0 Å². The van der Waals surface area contributed by atoms with Crippen LogP contribution in [0.1, 0.15) is 28.9 Å². The Morgan fingerprint density at radius 3 is 2.39 bits per heavy atom. The van der Waals surface area contributed by atoms with E-state index in [9.17, 15) is 4.79 Å². The van der Waals surface area contributed by atoms with Crippen molar-refractivity contribution in [3.8, 4) is 5.82 Å². The Balaban J connectivity index is 1.61. The van der Waals surface area contributed by atoms with E-state index in [0.29, 0.717) is 19.4 Å². The Kier molecular flexibility index (Phi) is 6.89. The van der Waals surface area contributed by atoms with Gasteiger partial charge in [-0.3, -0.25) is 4.79 Å². The molecule has 0 saturated heterocycles. The monoisotopic (exact) mass is 421 g/mol. The van der Waals surface area contributed by atoms with Crippen molar-refractivity contribution >= 4 is 17.4 Å². The van der Waals surface area contributed by atoms with Gasteiger partial charge in [0.25, 0.3) is 0 Å². The molecule has 1 N–H and O–H groups in total. The second-order valence-corrected chi connectivity index (χ2v) is 8.03. The number of hydrogen-bond donors (Lipinski definition) is 1. The first-order valence-corrected chi connectivity index (χ1v) is 10.3. The van der Waals surface area contributed by atoms with E-state index < -0.39 is 0 Å². The van der Waals surface area contributed by atoms with E-state index in [1.807, 2.05) is 69.8 Å². The van der Waals surface area contributed by atoms with Crippen LogP contribution in [-0.2, 0) is 17.8 Å². The van der Waals surface area contributed by atoms with Gasteiger partial charge in [0.15, 0.2) is 5.82 Å². The van der Waals surface area contributed by atoms with E-state index in [0.717, 1.165) is 39.8 Å². The van der Waals surface area contributed by atoms with Gasteiger partial charge < -0.3 is 15.1 Å². The van der Waals surface area contributed by atoms with Gasteiger partial charge in [0.05, 0.1) is 5.69 Å². The van der Waals surface area contributed by atoms with Gasteiger partial charge in [-0.1, -0.05) is 12.1 Å². The second kappa shape index (κ2) is 9.59. The summed E-state index contributed by atoms with van der Waals surface area (Å²) in [6.45, 7) is 4.51. The first-order valence-electron chi connectivity index (χ1n) is 10.3. The Morgan fingerprint density at radius 1 is 1.03 bits per heavy atom. The highest BCUT2D eigenvalue weighted by atomic mass is 16.1. The maximum absolute atomic E-state index is 12.4. The Hall–Kier alpha value is -3.42. The number of rotatable bonds is 8. The lowest BCUT2D eigenvalue weighted by Gasteiger charge is -2.13. The molecule has 8 nitrogen and oxygen atoms in total. The highest BCUT2D eigenvalue weighted by Crippen LogP contribution is 2.20. The number of carbonyl (C=O) groups excluding carboxylic acids is 1. The fourth-order valence-corrected chi connectivity index (χ4v) is 3.40. The van der Waals surface area contributed by atoms with Gasteiger partial charge in [-0.2, -0.15) is 5.10 Å². The van der Waals surface area contributed by atoms with Crippen LogP contribution in [0.2, 0.25) is 0 Å². The van der Waals surface area contributed by atoms with Crippen molar-refractivity contribution in [2.75, 3.05) is 38.0 Å². The maximum atomic E-state index is 12.4. The molecule has 31 heavy (non-hydrogen) atoms. The van der Waals surface area contributed by atoms with E-state index in [-0.39, 0.29) is 5.91 Å². The highest BCUT2D eigenvalue weighted by Gasteiger charge is 2.15. The maximum Gasteiger partial charge on any atom is 0.220 e. The summed E-state index contributed by atoms with van der Waals surface area (Å²) in [5, 5.41) is 7.66. The summed E-state index contributed by atoms with van der Waals surface area (Å²) in [5.41, 5.74) is 5.21. The van der Waals surface area contributed by atoms with Gasteiger partial charge in [-0.15, -0.1) is 0 Å². The SMILES string of the molecule is Cc1nn(-c2cc(N(C)C)ncn2)c(C)c1CCC(=O)NCc1ccc(N(C)C)cc1. The lowest BCUT2D eigenvalue weighted by Crippen LogP contribution is -2.23. The Morgan fingerprint density at radius 2 is 1.74 bits per heavy atom. The van der Waals surface area contributed by atoms with Crippen molar-refractivity contribution in [3.63, 3.8) is 0 Å². The smallest absolute Gasteiger partial charge is 0.220 e. The van der Waals surface area contributed by atoms with E-state index in [1.165, 1.54) is 0 Å². The van der Waals surface area contributed by atoms with E-state index >= 15 is 0 Å². The highest BCUT2D eigenvalue weighted by molar-refractivity contribution is 5.76. The molecule has 0 bridgehead atoms. The molecule has 164 valence electrons. The third-order valence-corrected chi connectivity index (χ3v) is 5.30. The summed E-state index contributed by atoms with van der Waals surface area (Å²) in [6, 6.07) is 10.1. The van der Waals surface area contributed by atoms with Crippen molar-refractivity contribution in [1.29, 1.82) is 0 Å². The van der Waals surface area contributed by atoms with Gasteiger partial charge in [-0.05, 0) is 43.5 Å². The first-order chi connectivity index (χ1) is 14.8. The number of carbonyl (C=O) groups is 1. The van der Waals surface area contributed by atoms with E-state index in [2.05, 4.69) is 37.4 Å². The quantitative estimate of drug-likeness (QED) is 0.602. The molecule has 1 amide bonds. The van der Waals surface area contributed by atoms with Gasteiger partial charge in [0.1, 0.15) is 12.1 Å². The van der Waals surface area contributed by atoms with Crippen LogP contribution in [0.15, 0.2) is 36.7 Å². The zero-order valence-electron chi connectivity index (χ0n) is 19.2. The Labute approximate surface area is 183 Å². The topological polar surface area (TPSA) is 79.2 Å². The lowest BCUT2D eigenvalue weighted by molar-refractivity contribution is -0.121. The molecule has 3 aromatic rings. The number of aryl methyl sites for hydroxylation is 1. The van der Waals surface area contributed by atoms with Crippen molar-refractivity contribution in [1.82, 2.24) is 25.1 Å². The van der Waals surface area contributed by atoms with Gasteiger partial charge in [-0.25, -0.2) is 14.6 Å². The predicted octanol–water partition coefficient (Wildman–Crippen LogP) is 2.66. The first kappa shape index (κ1) is 22.3. The molecule has 0 saturated carbocycles. The summed E-state index contributed by atoms with van der Waals surface area (Å²) in [4.78, 5) is 25.0. The van der Waals surface area contributed by atoms with Crippen LogP contribution < -0.4 is 15.1 Å². The van der Waals surface area contributed by atoms with E-state index in [4.69, 9.17) is 0 Å². The largest absolute Gasteiger partial charge is 0.378 e. The van der Waals surface area contributed by atoms with Crippen molar-refractivity contribution in [2.45, 2.75) is 33.2 Å². The molecular formula is C23H31N7O. The summed E-state index contributed by atoms with van der Waals surface area (Å²) in [5.74, 6) is 1.56. The summed E-state index contributed by atoms with van der Waals surface area (Å²) >= 11 is 0. The zero-order chi connectivity index (χ0) is 22.5. The van der Waals surface area contributed by atoms with Crippen molar-refractivity contribution < 1.29 is 4.79 Å². The van der Waals surface area contributed by atoms with Crippen LogP contribution in [0.25, 0.3) is 5.82 Å². The van der Waals surface area contributed by atoms with Crippen LogP contribution in [0, 0.1) is 13.8 Å². The fourth-order valence-electron chi connectivity index (χ4n) is 3.40. The number of benzene rings is 1. The molecule has 0 atom stereocenters. The molecule has 0 radical (unpaired) electrons. The lowest BCUT2D eigenvalue weighted by atomic mass is 10.1. The number of nitrogens with zero attached hydrogens (tertiary/aromatic N) is 6. The van der Waals surface area contributed by atoms with Crippen LogP contribution in [0.3, 0.4) is 0 Å². The van der Waals surface area contributed by atoms with Crippen LogP contribution in [-0.4, -0.2) is 53.8 Å². The Bertz CT molecular complexity index is 1040. The molecule has 1 aromatic carbocycles. The molecule has 8 heteroatoms. The second-order valence-electron chi connectivity index (χ2n) is 8.03. The van der Waals surface area contributed by atoms with Gasteiger partial charge in [0, 0.05) is 58.6 Å². The number of aromatic nitrogens is 4. The molecule has 2 heterocycles. The fraction of sp³-hybridized carbons (Fsp3) is 0.391. The third-order valence-electron chi connectivity index (χ3n) is 5.30. The number of anilines is 2. The van der Waals surface area contributed by atoms with Crippen molar-refractivity contribution in [3.05, 3.63) is 59.2 Å². The van der Waals surface area contributed by atoms with Crippen LogP contribution in [0.4, 0.5) is 11.5 Å². The molecule has 2 aromatic heterocycles. The zero-order valence-corrected chi connectivity index (χ0v) is 19.2. The molecule has 0 aliphatic rings. The summed E-state index contributed by atoms with van der Waals surface area (Å²) in [7, 11) is 7.89. The molecule has 0 unspecified atom stereocenters. The molecule has 0 aliphatic carbocycles. The number of amides is 1. The molecule has 3 rings (SSSR count). The minimum Gasteiger partial charge on any atom is -0.378 e. The normalized spacial score (nSPS) is 10.8. The van der Waals surface area contributed by atoms with E-state index in [1.54, 1.807) is 6.33 Å². The minimum absolute atomic E-state index is 0.0279. The summed E-state index contributed by atoms with van der Waals surface area (Å²) in [6.07, 6.45) is 2.59. The third kappa shape index (κ3) is 5.39. The number of hydrogen-bond acceptors (Lipinski definition) is 6. The molecule has 0 fully saturated rings. The average molecular weight is 422 g/mol.